The van der Waals surface area contributed by atoms with Gasteiger partial charge in [-0.05, 0) is 41.8 Å². The number of benzene rings is 3. The number of carboxylic acid groups (broad SMARTS) is 1. The van der Waals surface area contributed by atoms with Crippen LogP contribution >= 0.6 is 12.4 Å². The maximum absolute atomic E-state index is 12.3. The number of halogens is 1. The summed E-state index contributed by atoms with van der Waals surface area (Å²) in [6.07, 6.45) is -0.437. The molecule has 1 atom stereocenters. The Labute approximate surface area is 207 Å². The SMILES string of the molecule is CCC(N1CCN(c2ccccc2OC)CC1)N(C(=O)O)c1ccc(-c2ccccc2)cc1.Cl. The van der Waals surface area contributed by atoms with Crippen LogP contribution in [-0.2, 0) is 0 Å². The summed E-state index contributed by atoms with van der Waals surface area (Å²) in [5, 5.41) is 10.1. The number of carbonyl (C=O) groups is 1. The minimum atomic E-state index is -0.929. The van der Waals surface area contributed by atoms with Crippen molar-refractivity contribution >= 4 is 29.9 Å². The van der Waals surface area contributed by atoms with Crippen molar-refractivity contribution in [2.24, 2.45) is 0 Å². The predicted octanol–water partition coefficient (Wildman–Crippen LogP) is 5.83. The molecule has 1 unspecified atom stereocenters. The van der Waals surface area contributed by atoms with E-state index in [1.54, 1.807) is 7.11 Å². The summed E-state index contributed by atoms with van der Waals surface area (Å²) >= 11 is 0. The molecule has 0 radical (unpaired) electrons. The van der Waals surface area contributed by atoms with Gasteiger partial charge >= 0.3 is 6.09 Å². The van der Waals surface area contributed by atoms with E-state index in [1.807, 2.05) is 67.6 Å². The van der Waals surface area contributed by atoms with Gasteiger partial charge in [-0.15, -0.1) is 12.4 Å². The summed E-state index contributed by atoms with van der Waals surface area (Å²) in [4.78, 5) is 18.4. The third-order valence-electron chi connectivity index (χ3n) is 6.28. The summed E-state index contributed by atoms with van der Waals surface area (Å²) in [5.41, 5.74) is 3.97. The van der Waals surface area contributed by atoms with Crippen molar-refractivity contribution in [1.82, 2.24) is 4.90 Å². The molecule has 1 amide bonds. The highest BCUT2D eigenvalue weighted by molar-refractivity contribution is 5.87. The fourth-order valence-corrected chi connectivity index (χ4v) is 4.61. The molecule has 4 rings (SSSR count). The summed E-state index contributed by atoms with van der Waals surface area (Å²) in [6, 6.07) is 25.9. The first kappa shape index (κ1) is 25.4. The van der Waals surface area contributed by atoms with E-state index < -0.39 is 6.09 Å². The summed E-state index contributed by atoms with van der Waals surface area (Å²) in [5.74, 6) is 0.864. The van der Waals surface area contributed by atoms with Crippen LogP contribution in [-0.4, -0.2) is 55.6 Å². The normalized spacial score (nSPS) is 14.7. The van der Waals surface area contributed by atoms with E-state index in [0.29, 0.717) is 12.1 Å². The highest BCUT2D eigenvalue weighted by atomic mass is 35.5. The van der Waals surface area contributed by atoms with Crippen LogP contribution in [0.5, 0.6) is 5.75 Å². The highest BCUT2D eigenvalue weighted by Crippen LogP contribution is 2.30. The van der Waals surface area contributed by atoms with E-state index in [1.165, 1.54) is 4.90 Å². The maximum atomic E-state index is 12.3. The van der Waals surface area contributed by atoms with Gasteiger partial charge in [-0.2, -0.15) is 0 Å². The van der Waals surface area contributed by atoms with Gasteiger partial charge in [0.2, 0.25) is 0 Å². The van der Waals surface area contributed by atoms with Gasteiger partial charge < -0.3 is 14.7 Å². The Hall–Kier alpha value is -3.22. The number of methoxy groups -OCH3 is 1. The number of ether oxygens (including phenoxy) is 1. The van der Waals surface area contributed by atoms with E-state index >= 15 is 0 Å². The first-order valence-electron chi connectivity index (χ1n) is 11.4. The number of rotatable bonds is 7. The average Bonchev–Trinajstić information content (AvgIpc) is 2.88. The van der Waals surface area contributed by atoms with Crippen LogP contribution in [0.4, 0.5) is 16.2 Å². The Kier molecular flexibility index (Phi) is 8.79. The molecule has 6 nitrogen and oxygen atoms in total. The minimum absolute atomic E-state index is 0. The molecule has 0 aliphatic carbocycles. The maximum Gasteiger partial charge on any atom is 0.413 e. The molecule has 1 fully saturated rings. The lowest BCUT2D eigenvalue weighted by Crippen LogP contribution is -2.57. The number of para-hydroxylation sites is 2. The molecule has 1 N–H and O–H groups in total. The van der Waals surface area contributed by atoms with Gasteiger partial charge in [0.15, 0.2) is 0 Å². The zero-order valence-electron chi connectivity index (χ0n) is 19.6. The van der Waals surface area contributed by atoms with E-state index in [0.717, 1.165) is 48.7 Å². The number of nitrogens with zero attached hydrogens (tertiary/aromatic N) is 3. The smallest absolute Gasteiger partial charge is 0.413 e. The van der Waals surface area contributed by atoms with Crippen molar-refractivity contribution in [1.29, 1.82) is 0 Å². The molecule has 0 spiro atoms. The largest absolute Gasteiger partial charge is 0.495 e. The zero-order valence-corrected chi connectivity index (χ0v) is 20.4. The lowest BCUT2D eigenvalue weighted by Gasteiger charge is -2.43. The second-order valence-corrected chi connectivity index (χ2v) is 8.15. The number of hydrogen-bond acceptors (Lipinski definition) is 4. The van der Waals surface area contributed by atoms with Gasteiger partial charge in [-0.1, -0.05) is 61.5 Å². The Balaban J connectivity index is 0.00000324. The molecule has 3 aromatic carbocycles. The van der Waals surface area contributed by atoms with E-state index in [9.17, 15) is 9.90 Å². The topological polar surface area (TPSA) is 56.2 Å². The van der Waals surface area contributed by atoms with Gasteiger partial charge in [-0.25, -0.2) is 4.79 Å². The summed E-state index contributed by atoms with van der Waals surface area (Å²) in [7, 11) is 1.69. The van der Waals surface area contributed by atoms with Gasteiger partial charge in [0.1, 0.15) is 5.75 Å². The lowest BCUT2D eigenvalue weighted by atomic mass is 10.1. The molecule has 7 heteroatoms. The number of anilines is 2. The fourth-order valence-electron chi connectivity index (χ4n) is 4.61. The van der Waals surface area contributed by atoms with Crippen molar-refractivity contribution in [3.63, 3.8) is 0 Å². The average molecular weight is 482 g/mol. The molecule has 1 aliphatic heterocycles. The molecule has 0 aromatic heterocycles. The van der Waals surface area contributed by atoms with Gasteiger partial charge in [0.05, 0.1) is 19.0 Å². The van der Waals surface area contributed by atoms with E-state index in [2.05, 4.69) is 28.0 Å². The first-order chi connectivity index (χ1) is 16.1. The third kappa shape index (κ3) is 5.46. The Morgan fingerprint density at radius 3 is 2.09 bits per heavy atom. The standard InChI is InChI=1S/C27H31N3O3.ClH/c1-3-26(29-19-17-28(18-20-29)24-11-7-8-12-25(24)33-2)30(27(31)32)23-15-13-22(14-16-23)21-9-5-4-6-10-21;/h4-16,26H,3,17-20H2,1-2H3,(H,31,32);1H. The fraction of sp³-hybridized carbons (Fsp3) is 0.296. The van der Waals surface area contributed by atoms with Crippen molar-refractivity contribution in [2.45, 2.75) is 19.5 Å². The van der Waals surface area contributed by atoms with Crippen molar-refractivity contribution < 1.29 is 14.6 Å². The quantitative estimate of drug-likeness (QED) is 0.460. The summed E-state index contributed by atoms with van der Waals surface area (Å²) in [6.45, 7) is 5.24. The van der Waals surface area contributed by atoms with E-state index in [-0.39, 0.29) is 18.6 Å². The van der Waals surface area contributed by atoms with Crippen LogP contribution in [0, 0.1) is 0 Å². The molecule has 34 heavy (non-hydrogen) atoms. The first-order valence-corrected chi connectivity index (χ1v) is 11.4. The van der Waals surface area contributed by atoms with E-state index in [4.69, 9.17) is 4.74 Å². The van der Waals surface area contributed by atoms with Crippen LogP contribution in [0.1, 0.15) is 13.3 Å². The Morgan fingerprint density at radius 2 is 1.50 bits per heavy atom. The molecule has 1 aliphatic rings. The minimum Gasteiger partial charge on any atom is -0.495 e. The van der Waals surface area contributed by atoms with Crippen LogP contribution in [0.25, 0.3) is 11.1 Å². The number of piperazine rings is 1. The molecular formula is C27H32ClN3O3. The van der Waals surface area contributed by atoms with Crippen LogP contribution in [0.3, 0.4) is 0 Å². The van der Waals surface area contributed by atoms with Gasteiger partial charge in [0, 0.05) is 31.9 Å². The monoisotopic (exact) mass is 481 g/mol. The molecule has 1 saturated heterocycles. The predicted molar refractivity (Wildman–Crippen MR) is 140 cm³/mol. The second-order valence-electron chi connectivity index (χ2n) is 8.15. The van der Waals surface area contributed by atoms with Crippen LogP contribution < -0.4 is 14.5 Å². The molecule has 0 bridgehead atoms. The summed E-state index contributed by atoms with van der Waals surface area (Å²) < 4.78 is 5.52. The molecule has 0 saturated carbocycles. The second kappa shape index (κ2) is 11.8. The molecule has 1 heterocycles. The number of amides is 1. The van der Waals surface area contributed by atoms with Crippen LogP contribution in [0.2, 0.25) is 0 Å². The number of hydrogen-bond donors (Lipinski definition) is 1. The Bertz CT molecular complexity index is 1050. The third-order valence-corrected chi connectivity index (χ3v) is 6.28. The lowest BCUT2D eigenvalue weighted by molar-refractivity contribution is 0.154. The molecule has 180 valence electrons. The van der Waals surface area contributed by atoms with Gasteiger partial charge in [0.25, 0.3) is 0 Å². The van der Waals surface area contributed by atoms with Crippen molar-refractivity contribution in [3.8, 4) is 16.9 Å². The van der Waals surface area contributed by atoms with Gasteiger partial charge in [-0.3, -0.25) is 9.80 Å². The highest BCUT2D eigenvalue weighted by Gasteiger charge is 2.31. The molecule has 3 aromatic rings. The zero-order chi connectivity index (χ0) is 23.2. The van der Waals surface area contributed by atoms with Crippen molar-refractivity contribution in [2.75, 3.05) is 43.1 Å². The molecular weight excluding hydrogens is 450 g/mol. The Morgan fingerprint density at radius 1 is 0.912 bits per heavy atom. The van der Waals surface area contributed by atoms with Crippen LogP contribution in [0.15, 0.2) is 78.9 Å². The van der Waals surface area contributed by atoms with Crippen molar-refractivity contribution in [3.05, 3.63) is 78.9 Å².